The summed E-state index contributed by atoms with van der Waals surface area (Å²) < 4.78 is 10.8. The van der Waals surface area contributed by atoms with Crippen LogP contribution in [0.2, 0.25) is 5.02 Å². The summed E-state index contributed by atoms with van der Waals surface area (Å²) in [6, 6.07) is 14.6. The number of piperidine rings is 1. The highest BCUT2D eigenvalue weighted by molar-refractivity contribution is 6.30. The molecule has 0 aliphatic carbocycles. The summed E-state index contributed by atoms with van der Waals surface area (Å²) in [5, 5.41) is 4.75. The first-order valence-corrected chi connectivity index (χ1v) is 9.55. The van der Waals surface area contributed by atoms with E-state index in [1.165, 1.54) is 0 Å². The third-order valence-corrected chi connectivity index (χ3v) is 5.19. The van der Waals surface area contributed by atoms with Gasteiger partial charge in [0.15, 0.2) is 0 Å². The van der Waals surface area contributed by atoms with E-state index in [2.05, 4.69) is 10.1 Å². The fraction of sp³-hybridized carbons (Fsp3) is 0.286. The molecule has 0 radical (unpaired) electrons. The smallest absolute Gasteiger partial charge is 0.257 e. The number of rotatable bonds is 4. The quantitative estimate of drug-likeness (QED) is 0.651. The molecule has 0 bridgehead atoms. The van der Waals surface area contributed by atoms with Crippen molar-refractivity contribution in [2.75, 3.05) is 20.2 Å². The molecule has 1 aliphatic heterocycles. The van der Waals surface area contributed by atoms with Crippen molar-refractivity contribution >= 4 is 17.5 Å². The zero-order valence-electron chi connectivity index (χ0n) is 15.5. The molecule has 0 spiro atoms. The predicted octanol–water partition coefficient (Wildman–Crippen LogP) is 4.42. The maximum absolute atomic E-state index is 13.0. The molecule has 28 heavy (non-hydrogen) atoms. The minimum absolute atomic E-state index is 0.0148. The fourth-order valence-corrected chi connectivity index (χ4v) is 3.60. The van der Waals surface area contributed by atoms with Gasteiger partial charge in [-0.05, 0) is 49.2 Å². The van der Waals surface area contributed by atoms with Crippen molar-refractivity contribution in [1.82, 2.24) is 15.0 Å². The molecule has 1 saturated heterocycles. The lowest BCUT2D eigenvalue weighted by atomic mass is 9.97. The van der Waals surface area contributed by atoms with Crippen molar-refractivity contribution in [3.8, 4) is 17.1 Å². The van der Waals surface area contributed by atoms with Crippen LogP contribution in [0.4, 0.5) is 0 Å². The van der Waals surface area contributed by atoms with Gasteiger partial charge >= 0.3 is 0 Å². The molecule has 0 saturated carbocycles. The van der Waals surface area contributed by atoms with Gasteiger partial charge in [0.1, 0.15) is 5.75 Å². The SMILES string of the molecule is COc1ccccc1C(=O)N1CCCC(c2nc(-c3ccc(Cl)cc3)no2)C1. The van der Waals surface area contributed by atoms with Crippen LogP contribution in [-0.2, 0) is 0 Å². The molecule has 3 aromatic rings. The van der Waals surface area contributed by atoms with Gasteiger partial charge in [-0.25, -0.2) is 0 Å². The van der Waals surface area contributed by atoms with Crippen molar-refractivity contribution < 1.29 is 14.1 Å². The summed E-state index contributed by atoms with van der Waals surface area (Å²) >= 11 is 5.93. The maximum Gasteiger partial charge on any atom is 0.257 e. The van der Waals surface area contributed by atoms with Crippen molar-refractivity contribution in [1.29, 1.82) is 0 Å². The van der Waals surface area contributed by atoms with Crippen LogP contribution in [0.15, 0.2) is 53.1 Å². The molecule has 2 heterocycles. The Balaban J connectivity index is 1.51. The molecule has 1 amide bonds. The second kappa shape index (κ2) is 8.02. The van der Waals surface area contributed by atoms with Crippen molar-refractivity contribution in [2.45, 2.75) is 18.8 Å². The Morgan fingerprint density at radius 2 is 2.00 bits per heavy atom. The summed E-state index contributed by atoms with van der Waals surface area (Å²) in [6.07, 6.45) is 1.78. The topological polar surface area (TPSA) is 68.5 Å². The second-order valence-electron chi connectivity index (χ2n) is 6.75. The fourth-order valence-electron chi connectivity index (χ4n) is 3.47. The molecule has 1 atom stereocenters. The Labute approximate surface area is 168 Å². The van der Waals surface area contributed by atoms with Crippen LogP contribution in [0, 0.1) is 0 Å². The van der Waals surface area contributed by atoms with Gasteiger partial charge in [0.25, 0.3) is 5.91 Å². The molecule has 0 N–H and O–H groups in total. The van der Waals surface area contributed by atoms with Gasteiger partial charge in [-0.3, -0.25) is 4.79 Å². The number of amides is 1. The summed E-state index contributed by atoms with van der Waals surface area (Å²) in [5.41, 5.74) is 1.41. The minimum Gasteiger partial charge on any atom is -0.496 e. The van der Waals surface area contributed by atoms with E-state index >= 15 is 0 Å². The standard InChI is InChI=1S/C21H20ClN3O3/c1-27-18-7-3-2-6-17(18)21(26)25-12-4-5-15(13-25)20-23-19(24-28-20)14-8-10-16(22)11-9-14/h2-3,6-11,15H,4-5,12-13H2,1H3. The Hall–Kier alpha value is -2.86. The normalized spacial score (nSPS) is 16.8. The monoisotopic (exact) mass is 397 g/mol. The minimum atomic E-state index is -0.0420. The summed E-state index contributed by atoms with van der Waals surface area (Å²) in [5.74, 6) is 1.64. The average Bonchev–Trinajstić information content (AvgIpc) is 3.24. The Morgan fingerprint density at radius 3 is 2.79 bits per heavy atom. The maximum atomic E-state index is 13.0. The molecule has 6 nitrogen and oxygen atoms in total. The van der Waals surface area contributed by atoms with Gasteiger partial charge in [-0.2, -0.15) is 4.98 Å². The highest BCUT2D eigenvalue weighted by Gasteiger charge is 2.30. The van der Waals surface area contributed by atoms with Gasteiger partial charge in [-0.15, -0.1) is 0 Å². The molecule has 1 aromatic heterocycles. The van der Waals surface area contributed by atoms with E-state index in [-0.39, 0.29) is 11.8 Å². The number of hydrogen-bond donors (Lipinski definition) is 0. The van der Waals surface area contributed by atoms with E-state index in [1.807, 2.05) is 29.2 Å². The number of hydrogen-bond acceptors (Lipinski definition) is 5. The van der Waals surface area contributed by atoms with E-state index < -0.39 is 0 Å². The van der Waals surface area contributed by atoms with Crippen molar-refractivity contribution in [3.05, 3.63) is 65.0 Å². The van der Waals surface area contributed by atoms with Crippen LogP contribution in [0.1, 0.15) is 35.0 Å². The number of ether oxygens (including phenoxy) is 1. The third kappa shape index (κ3) is 3.73. The van der Waals surface area contributed by atoms with Crippen LogP contribution in [0.3, 0.4) is 0 Å². The number of para-hydroxylation sites is 1. The molecular weight excluding hydrogens is 378 g/mol. The van der Waals surface area contributed by atoms with Gasteiger partial charge in [0, 0.05) is 23.7 Å². The molecule has 4 rings (SSSR count). The first kappa shape index (κ1) is 18.5. The lowest BCUT2D eigenvalue weighted by molar-refractivity contribution is 0.0692. The largest absolute Gasteiger partial charge is 0.496 e. The summed E-state index contributed by atoms with van der Waals surface area (Å²) in [6.45, 7) is 1.24. The van der Waals surface area contributed by atoms with Gasteiger partial charge in [0.2, 0.25) is 11.7 Å². The molecule has 2 aromatic carbocycles. The van der Waals surface area contributed by atoms with Crippen LogP contribution >= 0.6 is 11.6 Å². The first-order valence-electron chi connectivity index (χ1n) is 9.17. The number of nitrogens with zero attached hydrogens (tertiary/aromatic N) is 3. The molecule has 1 aliphatic rings. The van der Waals surface area contributed by atoms with E-state index in [9.17, 15) is 4.79 Å². The number of benzene rings is 2. The highest BCUT2D eigenvalue weighted by atomic mass is 35.5. The molecule has 7 heteroatoms. The molecule has 1 fully saturated rings. The molecule has 1 unspecified atom stereocenters. The number of carbonyl (C=O) groups excluding carboxylic acids is 1. The number of aromatic nitrogens is 2. The summed E-state index contributed by atoms with van der Waals surface area (Å²) in [4.78, 5) is 19.4. The third-order valence-electron chi connectivity index (χ3n) is 4.94. The number of halogens is 1. The zero-order chi connectivity index (χ0) is 19.5. The Morgan fingerprint density at radius 1 is 1.21 bits per heavy atom. The summed E-state index contributed by atoms with van der Waals surface area (Å²) in [7, 11) is 1.57. The number of likely N-dealkylation sites (tertiary alicyclic amines) is 1. The lowest BCUT2D eigenvalue weighted by Gasteiger charge is -2.31. The van der Waals surface area contributed by atoms with Crippen LogP contribution in [0.25, 0.3) is 11.4 Å². The van der Waals surface area contributed by atoms with Crippen LogP contribution in [-0.4, -0.2) is 41.1 Å². The number of carbonyl (C=O) groups is 1. The Kier molecular flexibility index (Phi) is 5.30. The van der Waals surface area contributed by atoms with Gasteiger partial charge < -0.3 is 14.2 Å². The Bertz CT molecular complexity index is 971. The van der Waals surface area contributed by atoms with E-state index in [0.717, 1.165) is 18.4 Å². The zero-order valence-corrected chi connectivity index (χ0v) is 16.2. The number of methoxy groups -OCH3 is 1. The van der Waals surface area contributed by atoms with Gasteiger partial charge in [0.05, 0.1) is 18.6 Å². The molecule has 144 valence electrons. The van der Waals surface area contributed by atoms with Crippen LogP contribution in [0.5, 0.6) is 5.75 Å². The molecular formula is C21H20ClN3O3. The van der Waals surface area contributed by atoms with E-state index in [1.54, 1.807) is 31.4 Å². The van der Waals surface area contributed by atoms with Crippen molar-refractivity contribution in [3.63, 3.8) is 0 Å². The highest BCUT2D eigenvalue weighted by Crippen LogP contribution is 2.30. The van der Waals surface area contributed by atoms with E-state index in [0.29, 0.717) is 41.1 Å². The first-order chi connectivity index (χ1) is 13.7. The second-order valence-corrected chi connectivity index (χ2v) is 7.19. The van der Waals surface area contributed by atoms with Crippen LogP contribution < -0.4 is 4.74 Å². The van der Waals surface area contributed by atoms with Gasteiger partial charge in [-0.1, -0.05) is 28.9 Å². The predicted molar refractivity (Wildman–Crippen MR) is 106 cm³/mol. The lowest BCUT2D eigenvalue weighted by Crippen LogP contribution is -2.39. The van der Waals surface area contributed by atoms with E-state index in [4.69, 9.17) is 20.9 Å². The van der Waals surface area contributed by atoms with Crippen molar-refractivity contribution in [2.24, 2.45) is 0 Å². The average molecular weight is 398 g/mol.